The normalized spacial score (nSPS) is 11.2. The van der Waals surface area contributed by atoms with Crippen molar-refractivity contribution in [1.82, 2.24) is 10.6 Å². The summed E-state index contributed by atoms with van der Waals surface area (Å²) in [5.41, 5.74) is 2.25. The van der Waals surface area contributed by atoms with Gasteiger partial charge in [0, 0.05) is 30.7 Å². The van der Waals surface area contributed by atoms with Gasteiger partial charge in [0.25, 0.3) is 0 Å². The van der Waals surface area contributed by atoms with Gasteiger partial charge in [-0.2, -0.15) is 0 Å². The van der Waals surface area contributed by atoms with Gasteiger partial charge in [-0.15, -0.1) is 0 Å². The predicted octanol–water partition coefficient (Wildman–Crippen LogP) is 3.60. The van der Waals surface area contributed by atoms with Crippen LogP contribution in [0.5, 0.6) is 5.75 Å². The summed E-state index contributed by atoms with van der Waals surface area (Å²) in [5, 5.41) is 7.32. The first kappa shape index (κ1) is 17.2. The van der Waals surface area contributed by atoms with Gasteiger partial charge in [-0.1, -0.05) is 41.9 Å². The Hall–Kier alpha value is -2.20. The van der Waals surface area contributed by atoms with Crippen LogP contribution < -0.4 is 15.4 Å². The second kappa shape index (κ2) is 9.06. The molecule has 0 aliphatic rings. The lowest BCUT2D eigenvalue weighted by Crippen LogP contribution is -2.36. The number of hydrogen-bond acceptors (Lipinski definition) is 2. The lowest BCUT2D eigenvalue weighted by molar-refractivity contribution is 0.336. The average molecular weight is 332 g/mol. The number of hydrogen-bond donors (Lipinski definition) is 2. The topological polar surface area (TPSA) is 45.6 Å². The molecule has 0 spiro atoms. The Morgan fingerprint density at radius 3 is 2.43 bits per heavy atom. The summed E-state index contributed by atoms with van der Waals surface area (Å²) in [7, 11) is 1.76. The van der Waals surface area contributed by atoms with Crippen LogP contribution in [-0.4, -0.2) is 19.6 Å². The number of halogens is 1. The maximum Gasteiger partial charge on any atom is 0.191 e. The highest BCUT2D eigenvalue weighted by molar-refractivity contribution is 6.30. The molecule has 0 radical (unpaired) electrons. The molecule has 0 saturated carbocycles. The van der Waals surface area contributed by atoms with Crippen LogP contribution in [0.15, 0.2) is 53.5 Å². The lowest BCUT2D eigenvalue weighted by Gasteiger charge is -2.14. The van der Waals surface area contributed by atoms with E-state index in [2.05, 4.69) is 15.6 Å². The average Bonchev–Trinajstić information content (AvgIpc) is 2.58. The number of ether oxygens (including phenoxy) is 1. The first-order valence-electron chi connectivity index (χ1n) is 7.62. The number of aliphatic imine (C=N–C) groups is 1. The van der Waals surface area contributed by atoms with Gasteiger partial charge in [-0.3, -0.25) is 4.99 Å². The van der Waals surface area contributed by atoms with E-state index < -0.39 is 0 Å². The van der Waals surface area contributed by atoms with Crippen molar-refractivity contribution < 1.29 is 4.74 Å². The quantitative estimate of drug-likeness (QED) is 0.628. The number of benzene rings is 2. The molecular weight excluding hydrogens is 310 g/mol. The highest BCUT2D eigenvalue weighted by atomic mass is 35.5. The van der Waals surface area contributed by atoms with Crippen LogP contribution in [-0.2, 0) is 13.1 Å². The van der Waals surface area contributed by atoms with E-state index in [9.17, 15) is 0 Å². The van der Waals surface area contributed by atoms with Gasteiger partial charge in [-0.25, -0.2) is 0 Å². The van der Waals surface area contributed by atoms with Crippen LogP contribution >= 0.6 is 11.6 Å². The zero-order valence-corrected chi connectivity index (χ0v) is 14.2. The summed E-state index contributed by atoms with van der Waals surface area (Å²) in [6.07, 6.45) is 0. The molecule has 23 heavy (non-hydrogen) atoms. The Morgan fingerprint density at radius 1 is 1.04 bits per heavy atom. The van der Waals surface area contributed by atoms with Crippen molar-refractivity contribution in [3.05, 3.63) is 64.7 Å². The molecule has 0 aliphatic carbocycles. The molecule has 5 heteroatoms. The molecule has 0 bridgehead atoms. The Kier molecular flexibility index (Phi) is 6.76. The summed E-state index contributed by atoms with van der Waals surface area (Å²) in [6.45, 7) is 3.97. The van der Waals surface area contributed by atoms with E-state index in [1.54, 1.807) is 7.05 Å². The molecule has 0 saturated heterocycles. The fourth-order valence-electron chi connectivity index (χ4n) is 2.13. The summed E-state index contributed by atoms with van der Waals surface area (Å²) in [5.74, 6) is 1.64. The SMILES string of the molecule is CCOc1ccccc1CNC(=NC)NCc1ccc(Cl)cc1. The van der Waals surface area contributed by atoms with Crippen molar-refractivity contribution in [2.45, 2.75) is 20.0 Å². The maximum atomic E-state index is 5.89. The van der Waals surface area contributed by atoms with E-state index in [0.717, 1.165) is 27.9 Å². The smallest absolute Gasteiger partial charge is 0.191 e. The predicted molar refractivity (Wildman–Crippen MR) is 96.1 cm³/mol. The molecule has 0 amide bonds. The van der Waals surface area contributed by atoms with Crippen LogP contribution in [0.3, 0.4) is 0 Å². The molecule has 2 N–H and O–H groups in total. The number of nitrogens with one attached hydrogen (secondary N) is 2. The Labute approximate surface area is 142 Å². The van der Waals surface area contributed by atoms with E-state index in [1.165, 1.54) is 0 Å². The second-order valence-corrected chi connectivity index (χ2v) is 5.38. The first-order valence-corrected chi connectivity index (χ1v) is 8.00. The minimum absolute atomic E-state index is 0.649. The van der Waals surface area contributed by atoms with Gasteiger partial charge in [0.1, 0.15) is 5.75 Å². The van der Waals surface area contributed by atoms with Crippen molar-refractivity contribution in [2.24, 2.45) is 4.99 Å². The van der Waals surface area contributed by atoms with E-state index in [1.807, 2.05) is 55.5 Å². The molecule has 0 aliphatic heterocycles. The highest BCUT2D eigenvalue weighted by Crippen LogP contribution is 2.17. The van der Waals surface area contributed by atoms with Gasteiger partial charge < -0.3 is 15.4 Å². The van der Waals surface area contributed by atoms with Gasteiger partial charge >= 0.3 is 0 Å². The fraction of sp³-hybridized carbons (Fsp3) is 0.278. The van der Waals surface area contributed by atoms with Crippen LogP contribution in [0.25, 0.3) is 0 Å². The standard InChI is InChI=1S/C18H22ClN3O/c1-3-23-17-7-5-4-6-15(17)13-22-18(20-2)21-12-14-8-10-16(19)11-9-14/h4-11H,3,12-13H2,1-2H3,(H2,20,21,22). The molecule has 0 fully saturated rings. The maximum absolute atomic E-state index is 5.89. The molecule has 0 atom stereocenters. The molecule has 2 aromatic rings. The second-order valence-electron chi connectivity index (χ2n) is 4.95. The fourth-order valence-corrected chi connectivity index (χ4v) is 2.26. The molecule has 0 aromatic heterocycles. The molecule has 122 valence electrons. The Morgan fingerprint density at radius 2 is 1.74 bits per heavy atom. The van der Waals surface area contributed by atoms with Crippen molar-refractivity contribution >= 4 is 17.6 Å². The van der Waals surface area contributed by atoms with E-state index in [4.69, 9.17) is 16.3 Å². The third-order valence-corrected chi connectivity index (χ3v) is 3.57. The molecule has 2 rings (SSSR count). The van der Waals surface area contributed by atoms with Crippen molar-refractivity contribution in [3.63, 3.8) is 0 Å². The summed E-state index contributed by atoms with van der Waals surface area (Å²) >= 11 is 5.89. The number of rotatable bonds is 6. The lowest BCUT2D eigenvalue weighted by atomic mass is 10.2. The molecule has 0 unspecified atom stereocenters. The Bertz CT molecular complexity index is 641. The number of nitrogens with zero attached hydrogens (tertiary/aromatic N) is 1. The van der Waals surface area contributed by atoms with Crippen molar-refractivity contribution in [3.8, 4) is 5.75 Å². The zero-order chi connectivity index (χ0) is 16.5. The molecule has 0 heterocycles. The van der Waals surface area contributed by atoms with E-state index >= 15 is 0 Å². The molecular formula is C18H22ClN3O. The summed E-state index contributed by atoms with van der Waals surface area (Å²) in [6, 6.07) is 15.8. The van der Waals surface area contributed by atoms with Crippen LogP contribution in [0.4, 0.5) is 0 Å². The largest absolute Gasteiger partial charge is 0.494 e. The summed E-state index contributed by atoms with van der Waals surface area (Å²) in [4.78, 5) is 4.24. The summed E-state index contributed by atoms with van der Waals surface area (Å²) < 4.78 is 5.63. The minimum Gasteiger partial charge on any atom is -0.494 e. The number of guanidine groups is 1. The van der Waals surface area contributed by atoms with E-state index in [0.29, 0.717) is 19.7 Å². The van der Waals surface area contributed by atoms with Gasteiger partial charge in [-0.05, 0) is 30.7 Å². The van der Waals surface area contributed by atoms with Gasteiger partial charge in [0.2, 0.25) is 0 Å². The van der Waals surface area contributed by atoms with Crippen LogP contribution in [0.2, 0.25) is 5.02 Å². The van der Waals surface area contributed by atoms with Gasteiger partial charge in [0.05, 0.1) is 6.61 Å². The number of para-hydroxylation sites is 1. The molecule has 4 nitrogen and oxygen atoms in total. The molecule has 2 aromatic carbocycles. The van der Waals surface area contributed by atoms with Crippen LogP contribution in [0.1, 0.15) is 18.1 Å². The monoisotopic (exact) mass is 331 g/mol. The third kappa shape index (κ3) is 5.49. The van der Waals surface area contributed by atoms with E-state index in [-0.39, 0.29) is 0 Å². The minimum atomic E-state index is 0.649. The first-order chi connectivity index (χ1) is 11.2. The highest BCUT2D eigenvalue weighted by Gasteiger charge is 2.04. The van der Waals surface area contributed by atoms with Crippen molar-refractivity contribution in [1.29, 1.82) is 0 Å². The Balaban J connectivity index is 1.89. The zero-order valence-electron chi connectivity index (χ0n) is 13.5. The van der Waals surface area contributed by atoms with Crippen LogP contribution in [0, 0.1) is 0 Å². The van der Waals surface area contributed by atoms with Gasteiger partial charge in [0.15, 0.2) is 5.96 Å². The van der Waals surface area contributed by atoms with Crippen molar-refractivity contribution in [2.75, 3.05) is 13.7 Å². The third-order valence-electron chi connectivity index (χ3n) is 3.32.